The fraction of sp³-hybridized carbons (Fsp3) is 0.433. The van der Waals surface area contributed by atoms with Crippen molar-refractivity contribution in [1.29, 1.82) is 0 Å². The smallest absolute Gasteiger partial charge is 0.256 e. The van der Waals surface area contributed by atoms with E-state index >= 15 is 0 Å². The maximum atomic E-state index is 13.8. The molecule has 5 rings (SSSR count). The first-order valence-corrected chi connectivity index (χ1v) is 14.2. The minimum atomic E-state index is -0.0841. The lowest BCUT2D eigenvalue weighted by atomic mass is 10.1. The Morgan fingerprint density at radius 1 is 1.07 bits per heavy atom. The minimum absolute atomic E-state index is 0.0603. The van der Waals surface area contributed by atoms with Gasteiger partial charge in [-0.05, 0) is 51.0 Å². The lowest BCUT2D eigenvalue weighted by Gasteiger charge is -2.34. The van der Waals surface area contributed by atoms with Gasteiger partial charge in [-0.1, -0.05) is 13.0 Å². The number of aryl methyl sites for hydroxylation is 2. The third kappa shape index (κ3) is 6.40. The van der Waals surface area contributed by atoms with Crippen LogP contribution in [0.3, 0.4) is 0 Å². The molecule has 1 saturated heterocycles. The summed E-state index contributed by atoms with van der Waals surface area (Å²) in [5.74, 6) is 1.32. The number of fused-ring (bicyclic) bond motifs is 1. The maximum absolute atomic E-state index is 13.8. The van der Waals surface area contributed by atoms with Crippen LogP contribution >= 0.6 is 0 Å². The molecule has 0 aromatic carbocycles. The Hall–Kier alpha value is -4.25. The second kappa shape index (κ2) is 12.5. The molecule has 216 valence electrons. The van der Waals surface area contributed by atoms with Gasteiger partial charge in [0, 0.05) is 62.3 Å². The number of anilines is 1. The third-order valence-electron chi connectivity index (χ3n) is 7.29. The first kappa shape index (κ1) is 28.3. The van der Waals surface area contributed by atoms with E-state index in [0.29, 0.717) is 68.7 Å². The SMILES string of the molecule is CCCOCCC(=O)N1CCN(C(=O)c2cn(-c3cc(C)[nH]n3)c3nc(N[C@@H](C)c4ccc(C)cn4)ccc23)CC1. The molecule has 11 heteroatoms. The van der Waals surface area contributed by atoms with Crippen LogP contribution in [0.15, 0.2) is 42.7 Å². The van der Waals surface area contributed by atoms with E-state index in [0.717, 1.165) is 28.8 Å². The van der Waals surface area contributed by atoms with Crippen LogP contribution in [0.2, 0.25) is 0 Å². The number of piperazine rings is 1. The summed E-state index contributed by atoms with van der Waals surface area (Å²) in [5, 5.41) is 11.6. The Labute approximate surface area is 239 Å². The van der Waals surface area contributed by atoms with Crippen LogP contribution in [-0.2, 0) is 9.53 Å². The number of nitrogens with one attached hydrogen (secondary N) is 2. The summed E-state index contributed by atoms with van der Waals surface area (Å²) < 4.78 is 7.31. The second-order valence-corrected chi connectivity index (χ2v) is 10.6. The van der Waals surface area contributed by atoms with E-state index in [9.17, 15) is 9.59 Å². The summed E-state index contributed by atoms with van der Waals surface area (Å²) in [7, 11) is 0. The molecule has 1 fully saturated rings. The average Bonchev–Trinajstić information content (AvgIpc) is 3.58. The van der Waals surface area contributed by atoms with Crippen LogP contribution in [0.1, 0.15) is 60.0 Å². The number of aromatic amines is 1. The zero-order valence-electron chi connectivity index (χ0n) is 24.2. The number of H-pyrrole nitrogens is 1. The van der Waals surface area contributed by atoms with E-state index in [-0.39, 0.29) is 17.9 Å². The molecule has 1 aliphatic rings. The molecule has 2 amide bonds. The predicted molar refractivity (Wildman–Crippen MR) is 157 cm³/mol. The Balaban J connectivity index is 1.35. The molecule has 0 aliphatic carbocycles. The van der Waals surface area contributed by atoms with E-state index in [1.165, 1.54) is 0 Å². The lowest BCUT2D eigenvalue weighted by molar-refractivity contribution is -0.133. The van der Waals surface area contributed by atoms with Gasteiger partial charge in [-0.3, -0.25) is 24.2 Å². The van der Waals surface area contributed by atoms with Gasteiger partial charge in [0.15, 0.2) is 5.82 Å². The normalized spacial score (nSPS) is 14.4. The summed E-state index contributed by atoms with van der Waals surface area (Å²) in [6.07, 6.45) is 4.96. The van der Waals surface area contributed by atoms with Crippen molar-refractivity contribution in [2.24, 2.45) is 0 Å². The molecule has 0 unspecified atom stereocenters. The van der Waals surface area contributed by atoms with Gasteiger partial charge in [0.1, 0.15) is 11.5 Å². The molecular weight excluding hydrogens is 520 g/mol. The van der Waals surface area contributed by atoms with Crippen molar-refractivity contribution in [2.45, 2.75) is 46.6 Å². The standard InChI is InChI=1S/C30H38N8O3/c1-5-15-41-16-10-28(39)36-11-13-37(14-12-36)30(40)24-19-38(27-17-21(3)34-35-27)29-23(24)7-9-26(33-29)32-22(4)25-8-6-20(2)18-31-25/h6-9,17-19,22H,5,10-16H2,1-4H3,(H,32,33)(H,34,35)/t22-/m0/s1. The molecule has 1 aliphatic heterocycles. The average molecular weight is 559 g/mol. The van der Waals surface area contributed by atoms with Crippen molar-refractivity contribution in [2.75, 3.05) is 44.7 Å². The Kier molecular flexibility index (Phi) is 8.63. The van der Waals surface area contributed by atoms with E-state index in [1.807, 2.05) is 84.8 Å². The number of ether oxygens (including phenoxy) is 1. The predicted octanol–water partition coefficient (Wildman–Crippen LogP) is 4.03. The molecule has 11 nitrogen and oxygen atoms in total. The molecule has 0 bridgehead atoms. The van der Waals surface area contributed by atoms with Gasteiger partial charge in [-0.25, -0.2) is 4.98 Å². The number of carbonyl (C=O) groups excluding carboxylic acids is 2. The fourth-order valence-electron chi connectivity index (χ4n) is 4.98. The Bertz CT molecular complexity index is 1500. The van der Waals surface area contributed by atoms with Gasteiger partial charge < -0.3 is 19.9 Å². The van der Waals surface area contributed by atoms with Crippen molar-refractivity contribution in [3.8, 4) is 5.82 Å². The molecule has 4 aromatic heterocycles. The summed E-state index contributed by atoms with van der Waals surface area (Å²) in [5.41, 5.74) is 4.12. The number of amides is 2. The molecule has 41 heavy (non-hydrogen) atoms. The van der Waals surface area contributed by atoms with Crippen molar-refractivity contribution in [1.82, 2.24) is 34.5 Å². The van der Waals surface area contributed by atoms with Gasteiger partial charge in [-0.2, -0.15) is 5.10 Å². The number of rotatable bonds is 10. The highest BCUT2D eigenvalue weighted by Gasteiger charge is 2.28. The molecule has 5 heterocycles. The Morgan fingerprint density at radius 3 is 2.54 bits per heavy atom. The minimum Gasteiger partial charge on any atom is -0.381 e. The van der Waals surface area contributed by atoms with Gasteiger partial charge in [0.25, 0.3) is 5.91 Å². The monoisotopic (exact) mass is 558 g/mol. The van der Waals surface area contributed by atoms with Gasteiger partial charge in [-0.15, -0.1) is 0 Å². The fourth-order valence-corrected chi connectivity index (χ4v) is 4.98. The highest BCUT2D eigenvalue weighted by Crippen LogP contribution is 2.27. The summed E-state index contributed by atoms with van der Waals surface area (Å²) >= 11 is 0. The van der Waals surface area contributed by atoms with E-state index < -0.39 is 0 Å². The van der Waals surface area contributed by atoms with Gasteiger partial charge >= 0.3 is 0 Å². The molecule has 2 N–H and O–H groups in total. The van der Waals surface area contributed by atoms with E-state index in [1.54, 1.807) is 0 Å². The maximum Gasteiger partial charge on any atom is 0.256 e. The molecule has 4 aromatic rings. The van der Waals surface area contributed by atoms with Crippen LogP contribution < -0.4 is 5.32 Å². The van der Waals surface area contributed by atoms with Crippen LogP contribution in [0.4, 0.5) is 5.82 Å². The molecular formula is C30H38N8O3. The van der Waals surface area contributed by atoms with Gasteiger partial charge in [0.05, 0.1) is 30.3 Å². The van der Waals surface area contributed by atoms with Crippen molar-refractivity contribution < 1.29 is 14.3 Å². The highest BCUT2D eigenvalue weighted by molar-refractivity contribution is 6.07. The molecule has 1 atom stereocenters. The van der Waals surface area contributed by atoms with Crippen LogP contribution in [0, 0.1) is 13.8 Å². The number of carbonyl (C=O) groups is 2. The van der Waals surface area contributed by atoms with Crippen molar-refractivity contribution in [3.05, 3.63) is 65.2 Å². The van der Waals surface area contributed by atoms with Crippen LogP contribution in [0.5, 0.6) is 0 Å². The Morgan fingerprint density at radius 2 is 1.85 bits per heavy atom. The summed E-state index contributed by atoms with van der Waals surface area (Å²) in [6, 6.07) is 9.72. The second-order valence-electron chi connectivity index (χ2n) is 10.6. The molecule has 0 saturated carbocycles. The summed E-state index contributed by atoms with van der Waals surface area (Å²) in [6.45, 7) is 11.1. The topological polar surface area (TPSA) is 121 Å². The zero-order chi connectivity index (χ0) is 28.9. The quantitative estimate of drug-likeness (QED) is 0.282. The number of hydrogen-bond donors (Lipinski definition) is 2. The first-order valence-electron chi connectivity index (χ1n) is 14.2. The number of nitrogens with zero attached hydrogens (tertiary/aromatic N) is 6. The number of hydrogen-bond acceptors (Lipinski definition) is 7. The number of aromatic nitrogens is 5. The van der Waals surface area contributed by atoms with Crippen LogP contribution in [0.25, 0.3) is 16.9 Å². The van der Waals surface area contributed by atoms with Crippen LogP contribution in [-0.4, -0.2) is 85.7 Å². The number of pyridine rings is 2. The summed E-state index contributed by atoms with van der Waals surface area (Å²) in [4.78, 5) is 39.4. The van der Waals surface area contributed by atoms with Gasteiger partial charge in [0.2, 0.25) is 5.91 Å². The lowest BCUT2D eigenvalue weighted by Crippen LogP contribution is -2.50. The largest absolute Gasteiger partial charge is 0.381 e. The molecule has 0 spiro atoms. The highest BCUT2D eigenvalue weighted by atomic mass is 16.5. The van der Waals surface area contributed by atoms with E-state index in [2.05, 4.69) is 20.5 Å². The zero-order valence-corrected chi connectivity index (χ0v) is 24.2. The van der Waals surface area contributed by atoms with Crippen molar-refractivity contribution >= 4 is 28.7 Å². The third-order valence-corrected chi connectivity index (χ3v) is 7.29. The first-order chi connectivity index (χ1) is 19.8. The van der Waals surface area contributed by atoms with Crippen molar-refractivity contribution in [3.63, 3.8) is 0 Å². The molecule has 0 radical (unpaired) electrons. The van der Waals surface area contributed by atoms with E-state index in [4.69, 9.17) is 9.72 Å².